The van der Waals surface area contributed by atoms with Gasteiger partial charge in [-0.3, -0.25) is 14.6 Å². The van der Waals surface area contributed by atoms with Gasteiger partial charge in [0.25, 0.3) is 0 Å². The topological polar surface area (TPSA) is 68.5 Å². The first-order valence-corrected chi connectivity index (χ1v) is 11.6. The van der Waals surface area contributed by atoms with Gasteiger partial charge in [0, 0.05) is 67.9 Å². The van der Waals surface area contributed by atoms with Crippen LogP contribution in [0.3, 0.4) is 0 Å². The summed E-state index contributed by atoms with van der Waals surface area (Å²) in [6.45, 7) is 6.36. The van der Waals surface area contributed by atoms with Crippen LogP contribution in [0.25, 0.3) is 22.3 Å². The first kappa shape index (κ1) is 23.0. The Morgan fingerprint density at radius 1 is 1.03 bits per heavy atom. The summed E-state index contributed by atoms with van der Waals surface area (Å²) in [7, 11) is 4.90. The minimum absolute atomic E-state index is 0.144. The number of hydrogen-bond donors (Lipinski definition) is 0. The van der Waals surface area contributed by atoms with Crippen molar-refractivity contribution in [2.24, 2.45) is 7.05 Å². The molecule has 0 saturated heterocycles. The quantitative estimate of drug-likeness (QED) is 0.419. The van der Waals surface area contributed by atoms with E-state index >= 15 is 4.39 Å². The highest BCUT2D eigenvalue weighted by Gasteiger charge is 2.28. The van der Waals surface area contributed by atoms with Crippen molar-refractivity contribution < 1.29 is 13.9 Å². The van der Waals surface area contributed by atoms with Crippen LogP contribution in [-0.2, 0) is 13.6 Å². The molecule has 0 saturated carbocycles. The van der Waals surface area contributed by atoms with E-state index in [9.17, 15) is 0 Å². The Morgan fingerprint density at radius 3 is 2.54 bits per heavy atom. The van der Waals surface area contributed by atoms with Gasteiger partial charge in [-0.15, -0.1) is 0 Å². The smallest absolute Gasteiger partial charge is 0.188 e. The zero-order chi connectivity index (χ0) is 24.7. The van der Waals surface area contributed by atoms with E-state index in [1.54, 1.807) is 36.3 Å². The van der Waals surface area contributed by atoms with Gasteiger partial charge >= 0.3 is 0 Å². The molecule has 8 nitrogen and oxygen atoms in total. The maximum atomic E-state index is 15.6. The van der Waals surface area contributed by atoms with Crippen molar-refractivity contribution in [3.63, 3.8) is 0 Å². The molecule has 2 aromatic heterocycles. The molecular weight excluding hydrogens is 447 g/mol. The SMILES string of the molecule is COc1cc(OC)c(F)c(N2CCN(C(C)C)Cc3c2ccc2ncc(-c4cnn(C)c4)nc32)c1. The summed E-state index contributed by atoms with van der Waals surface area (Å²) in [5.41, 5.74) is 5.56. The number of benzene rings is 2. The number of aromatic nitrogens is 4. The zero-order valence-corrected chi connectivity index (χ0v) is 20.6. The standard InChI is InChI=1S/C26H29FN6O2/c1-16(2)32-8-9-33(23-10-18(34-4)11-24(35-5)25(23)27)22-7-6-20-26(19(22)15-32)30-21(13-28-20)17-12-29-31(3)14-17/h6-7,10-14,16H,8-9,15H2,1-5H3. The lowest BCUT2D eigenvalue weighted by atomic mass is 10.1. The molecule has 1 aliphatic heterocycles. The summed E-state index contributed by atoms with van der Waals surface area (Å²) >= 11 is 0. The van der Waals surface area contributed by atoms with Crippen molar-refractivity contribution in [1.29, 1.82) is 0 Å². The van der Waals surface area contributed by atoms with Gasteiger partial charge in [0.05, 0.1) is 49.0 Å². The molecule has 0 aliphatic carbocycles. The number of methoxy groups -OCH3 is 2. The number of fused-ring (bicyclic) bond motifs is 3. The van der Waals surface area contributed by atoms with E-state index in [1.807, 2.05) is 30.3 Å². The normalized spacial score (nSPS) is 14.3. The molecule has 0 atom stereocenters. The Bertz CT molecular complexity index is 1390. The van der Waals surface area contributed by atoms with Crippen LogP contribution in [0.2, 0.25) is 0 Å². The van der Waals surface area contributed by atoms with Crippen LogP contribution in [0.4, 0.5) is 15.8 Å². The van der Waals surface area contributed by atoms with Gasteiger partial charge in [0.2, 0.25) is 0 Å². The van der Waals surface area contributed by atoms with Crippen molar-refractivity contribution in [3.8, 4) is 22.8 Å². The number of rotatable bonds is 5. The maximum Gasteiger partial charge on any atom is 0.188 e. The van der Waals surface area contributed by atoms with E-state index in [2.05, 4.69) is 23.8 Å². The van der Waals surface area contributed by atoms with Crippen molar-refractivity contribution in [3.05, 3.63) is 54.2 Å². The number of ether oxygens (including phenoxy) is 2. The second kappa shape index (κ2) is 9.14. The van der Waals surface area contributed by atoms with Crippen LogP contribution in [0.15, 0.2) is 42.9 Å². The van der Waals surface area contributed by atoms with Crippen molar-refractivity contribution in [1.82, 2.24) is 24.6 Å². The Labute approximate surface area is 203 Å². The zero-order valence-electron chi connectivity index (χ0n) is 20.6. The number of anilines is 2. The Morgan fingerprint density at radius 2 is 1.86 bits per heavy atom. The second-order valence-corrected chi connectivity index (χ2v) is 8.97. The number of nitrogens with zero attached hydrogens (tertiary/aromatic N) is 6. The lowest BCUT2D eigenvalue weighted by Gasteiger charge is -2.27. The summed E-state index contributed by atoms with van der Waals surface area (Å²) in [5.74, 6) is 0.252. The molecule has 2 aromatic carbocycles. The molecule has 0 bridgehead atoms. The van der Waals surface area contributed by atoms with Gasteiger partial charge in [-0.25, -0.2) is 9.37 Å². The van der Waals surface area contributed by atoms with Gasteiger partial charge < -0.3 is 14.4 Å². The summed E-state index contributed by atoms with van der Waals surface area (Å²) in [5, 5.41) is 4.27. The predicted molar refractivity (Wildman–Crippen MR) is 134 cm³/mol. The fourth-order valence-corrected chi connectivity index (χ4v) is 4.57. The average Bonchev–Trinajstić information content (AvgIpc) is 3.19. The van der Waals surface area contributed by atoms with Crippen LogP contribution < -0.4 is 14.4 Å². The van der Waals surface area contributed by atoms with Gasteiger partial charge in [0.1, 0.15) is 5.75 Å². The molecule has 35 heavy (non-hydrogen) atoms. The van der Waals surface area contributed by atoms with E-state index < -0.39 is 5.82 Å². The Hall–Kier alpha value is -3.72. The average molecular weight is 477 g/mol. The molecule has 3 heterocycles. The first-order chi connectivity index (χ1) is 16.9. The van der Waals surface area contributed by atoms with Crippen LogP contribution in [0.1, 0.15) is 19.4 Å². The largest absolute Gasteiger partial charge is 0.497 e. The van der Waals surface area contributed by atoms with Crippen LogP contribution in [0, 0.1) is 5.82 Å². The van der Waals surface area contributed by atoms with E-state index in [4.69, 9.17) is 19.4 Å². The van der Waals surface area contributed by atoms with E-state index in [1.165, 1.54) is 7.11 Å². The van der Waals surface area contributed by atoms with Crippen LogP contribution in [-0.4, -0.2) is 58.0 Å². The highest BCUT2D eigenvalue weighted by Crippen LogP contribution is 2.41. The molecule has 0 N–H and O–H groups in total. The lowest BCUT2D eigenvalue weighted by Crippen LogP contribution is -2.34. The van der Waals surface area contributed by atoms with Crippen molar-refractivity contribution in [2.45, 2.75) is 26.4 Å². The lowest BCUT2D eigenvalue weighted by molar-refractivity contribution is 0.224. The third-order valence-electron chi connectivity index (χ3n) is 6.53. The van der Waals surface area contributed by atoms with E-state index in [0.29, 0.717) is 30.6 Å². The molecule has 0 fully saturated rings. The van der Waals surface area contributed by atoms with Gasteiger partial charge in [-0.2, -0.15) is 5.10 Å². The van der Waals surface area contributed by atoms with E-state index in [0.717, 1.165) is 40.1 Å². The van der Waals surface area contributed by atoms with Crippen LogP contribution >= 0.6 is 0 Å². The Kier molecular flexibility index (Phi) is 6.02. The molecule has 0 unspecified atom stereocenters. The van der Waals surface area contributed by atoms with E-state index in [-0.39, 0.29) is 5.75 Å². The van der Waals surface area contributed by atoms with Gasteiger partial charge in [-0.1, -0.05) is 0 Å². The molecule has 0 radical (unpaired) electrons. The molecule has 0 spiro atoms. The number of hydrogen-bond acceptors (Lipinski definition) is 7. The molecule has 0 amide bonds. The fraction of sp³-hybridized carbons (Fsp3) is 0.346. The summed E-state index contributed by atoms with van der Waals surface area (Å²) in [4.78, 5) is 14.1. The molecular formula is C26H29FN6O2. The monoisotopic (exact) mass is 476 g/mol. The minimum atomic E-state index is -0.424. The minimum Gasteiger partial charge on any atom is -0.497 e. The fourth-order valence-electron chi connectivity index (χ4n) is 4.57. The summed E-state index contributed by atoms with van der Waals surface area (Å²) in [6, 6.07) is 7.53. The second-order valence-electron chi connectivity index (χ2n) is 8.97. The number of halogens is 1. The third-order valence-corrected chi connectivity index (χ3v) is 6.53. The summed E-state index contributed by atoms with van der Waals surface area (Å²) in [6.07, 6.45) is 5.47. The first-order valence-electron chi connectivity index (χ1n) is 11.6. The molecule has 1 aliphatic rings. The van der Waals surface area contributed by atoms with Gasteiger partial charge in [-0.05, 0) is 26.0 Å². The highest BCUT2D eigenvalue weighted by molar-refractivity contribution is 5.87. The Balaban J connectivity index is 1.73. The predicted octanol–water partition coefficient (Wildman–Crippen LogP) is 4.55. The van der Waals surface area contributed by atoms with Crippen LogP contribution in [0.5, 0.6) is 11.5 Å². The maximum absolute atomic E-state index is 15.6. The molecule has 9 heteroatoms. The third kappa shape index (κ3) is 4.16. The molecule has 182 valence electrons. The molecule has 4 aromatic rings. The summed E-state index contributed by atoms with van der Waals surface area (Å²) < 4.78 is 28.1. The number of aryl methyl sites for hydroxylation is 1. The highest BCUT2D eigenvalue weighted by atomic mass is 19.1. The van der Waals surface area contributed by atoms with Gasteiger partial charge in [0.15, 0.2) is 11.6 Å². The molecule has 5 rings (SSSR count). The van der Waals surface area contributed by atoms with Crippen molar-refractivity contribution >= 4 is 22.4 Å². The van der Waals surface area contributed by atoms with Crippen molar-refractivity contribution in [2.75, 3.05) is 32.2 Å².